The van der Waals surface area contributed by atoms with E-state index in [9.17, 15) is 0 Å². The predicted molar refractivity (Wildman–Crippen MR) is 83.6 cm³/mol. The third kappa shape index (κ3) is 3.06. The minimum Gasteiger partial charge on any atom is -0.352 e. The molecule has 1 saturated heterocycles. The molecule has 0 saturated carbocycles. The smallest absolute Gasteiger partial charge is 0.225 e. The van der Waals surface area contributed by atoms with Crippen LogP contribution in [-0.4, -0.2) is 41.1 Å². The maximum Gasteiger partial charge on any atom is 0.225 e. The molecule has 0 aliphatic carbocycles. The summed E-state index contributed by atoms with van der Waals surface area (Å²) in [6, 6.07) is 3.71. The van der Waals surface area contributed by atoms with Crippen LogP contribution in [0.1, 0.15) is 5.56 Å². The van der Waals surface area contributed by atoms with Gasteiger partial charge in [-0.25, -0.2) is 15.0 Å². The Balaban J connectivity index is 1.68. The minimum atomic E-state index is 0.451. The molecule has 2 aromatic rings. The molecule has 21 heavy (non-hydrogen) atoms. The second-order valence-corrected chi connectivity index (χ2v) is 5.28. The molecule has 0 amide bonds. The third-order valence-electron chi connectivity index (χ3n) is 3.53. The number of hydrogen-bond acceptors (Lipinski definition) is 6. The van der Waals surface area contributed by atoms with Gasteiger partial charge >= 0.3 is 0 Å². The molecule has 1 aliphatic heterocycles. The maximum absolute atomic E-state index is 6.30. The van der Waals surface area contributed by atoms with Gasteiger partial charge in [-0.3, -0.25) is 0 Å². The molecule has 2 N–H and O–H groups in total. The number of nitrogens with zero attached hydrogens (tertiary/aromatic N) is 5. The molecule has 0 spiro atoms. The fourth-order valence-electron chi connectivity index (χ4n) is 2.39. The summed E-state index contributed by atoms with van der Waals surface area (Å²) < 4.78 is 0. The van der Waals surface area contributed by atoms with E-state index in [1.165, 1.54) is 0 Å². The van der Waals surface area contributed by atoms with Gasteiger partial charge in [0.1, 0.15) is 5.82 Å². The Hall–Kier alpha value is -1.92. The number of anilines is 2. The van der Waals surface area contributed by atoms with E-state index in [-0.39, 0.29) is 0 Å². The summed E-state index contributed by atoms with van der Waals surface area (Å²) in [6.07, 6.45) is 5.31. The van der Waals surface area contributed by atoms with Crippen LogP contribution in [0.4, 0.5) is 11.8 Å². The van der Waals surface area contributed by atoms with Crippen LogP contribution in [0.3, 0.4) is 0 Å². The van der Waals surface area contributed by atoms with Crippen molar-refractivity contribution in [2.45, 2.75) is 6.54 Å². The van der Waals surface area contributed by atoms with Gasteiger partial charge in [0, 0.05) is 51.3 Å². The molecule has 6 nitrogen and oxygen atoms in total. The first kappa shape index (κ1) is 14.0. The Bertz CT molecular complexity index is 598. The lowest BCUT2D eigenvalue weighted by atomic mass is 10.2. The van der Waals surface area contributed by atoms with E-state index in [1.807, 2.05) is 12.1 Å². The topological polar surface area (TPSA) is 71.2 Å². The summed E-state index contributed by atoms with van der Waals surface area (Å²) in [5.41, 5.74) is 6.54. The van der Waals surface area contributed by atoms with Gasteiger partial charge < -0.3 is 15.5 Å². The minimum absolute atomic E-state index is 0.451. The summed E-state index contributed by atoms with van der Waals surface area (Å²) >= 11 is 6.30. The zero-order valence-corrected chi connectivity index (χ0v) is 12.4. The summed E-state index contributed by atoms with van der Waals surface area (Å²) in [5, 5.41) is 0.655. The predicted octanol–water partition coefficient (Wildman–Crippen LogP) is 1.31. The van der Waals surface area contributed by atoms with E-state index in [0.717, 1.165) is 43.5 Å². The van der Waals surface area contributed by atoms with Crippen LogP contribution < -0.4 is 15.5 Å². The molecular formula is C14H17ClN6. The van der Waals surface area contributed by atoms with E-state index in [1.54, 1.807) is 18.6 Å². The fraction of sp³-hybridized carbons (Fsp3) is 0.357. The van der Waals surface area contributed by atoms with Crippen molar-refractivity contribution in [2.24, 2.45) is 5.73 Å². The highest BCUT2D eigenvalue weighted by atomic mass is 35.5. The van der Waals surface area contributed by atoms with Gasteiger partial charge in [-0.1, -0.05) is 11.6 Å². The first-order valence-electron chi connectivity index (χ1n) is 6.89. The number of piperazine rings is 1. The Morgan fingerprint density at radius 2 is 1.71 bits per heavy atom. The number of halogens is 1. The number of nitrogens with two attached hydrogens (primary N) is 1. The van der Waals surface area contributed by atoms with Gasteiger partial charge in [0.25, 0.3) is 0 Å². The molecular weight excluding hydrogens is 288 g/mol. The van der Waals surface area contributed by atoms with E-state index in [0.29, 0.717) is 11.6 Å². The maximum atomic E-state index is 6.30. The molecule has 2 aromatic heterocycles. The van der Waals surface area contributed by atoms with Crippen LogP contribution >= 0.6 is 11.6 Å². The first-order chi connectivity index (χ1) is 10.3. The quantitative estimate of drug-likeness (QED) is 0.922. The zero-order valence-electron chi connectivity index (χ0n) is 11.6. The molecule has 110 valence electrons. The molecule has 3 rings (SSSR count). The van der Waals surface area contributed by atoms with Crippen LogP contribution in [0.25, 0.3) is 0 Å². The van der Waals surface area contributed by atoms with Crippen molar-refractivity contribution in [3.63, 3.8) is 0 Å². The molecule has 0 aromatic carbocycles. The van der Waals surface area contributed by atoms with Crippen molar-refractivity contribution in [3.05, 3.63) is 41.3 Å². The van der Waals surface area contributed by atoms with Gasteiger partial charge in [-0.05, 0) is 17.7 Å². The van der Waals surface area contributed by atoms with Crippen LogP contribution in [0, 0.1) is 0 Å². The summed E-state index contributed by atoms with van der Waals surface area (Å²) in [4.78, 5) is 17.3. The van der Waals surface area contributed by atoms with Gasteiger partial charge in [0.2, 0.25) is 5.95 Å². The Morgan fingerprint density at radius 3 is 2.33 bits per heavy atom. The van der Waals surface area contributed by atoms with E-state index in [4.69, 9.17) is 17.3 Å². The van der Waals surface area contributed by atoms with Crippen LogP contribution in [0.5, 0.6) is 0 Å². The molecule has 7 heteroatoms. The van der Waals surface area contributed by atoms with Crippen molar-refractivity contribution in [2.75, 3.05) is 36.0 Å². The molecule has 0 unspecified atom stereocenters. The summed E-state index contributed by atoms with van der Waals surface area (Å²) in [6.45, 7) is 3.83. The second-order valence-electron chi connectivity index (χ2n) is 4.88. The molecule has 0 bridgehead atoms. The van der Waals surface area contributed by atoms with Gasteiger partial charge in [0.15, 0.2) is 0 Å². The Kier molecular flexibility index (Phi) is 4.17. The number of hydrogen-bond donors (Lipinski definition) is 1. The van der Waals surface area contributed by atoms with Gasteiger partial charge in [0.05, 0.1) is 5.02 Å². The molecule has 0 atom stereocenters. The van der Waals surface area contributed by atoms with Crippen molar-refractivity contribution in [1.82, 2.24) is 15.0 Å². The van der Waals surface area contributed by atoms with Crippen molar-refractivity contribution in [3.8, 4) is 0 Å². The first-order valence-corrected chi connectivity index (χ1v) is 7.27. The molecule has 3 heterocycles. The highest BCUT2D eigenvalue weighted by Crippen LogP contribution is 2.25. The zero-order chi connectivity index (χ0) is 14.7. The Labute approximate surface area is 128 Å². The Morgan fingerprint density at radius 1 is 1.05 bits per heavy atom. The normalized spacial score (nSPS) is 15.3. The van der Waals surface area contributed by atoms with Gasteiger partial charge in [-0.2, -0.15) is 0 Å². The molecule has 1 fully saturated rings. The van der Waals surface area contributed by atoms with Crippen LogP contribution in [0.2, 0.25) is 5.02 Å². The largest absolute Gasteiger partial charge is 0.352 e. The van der Waals surface area contributed by atoms with Crippen molar-refractivity contribution in [1.29, 1.82) is 0 Å². The highest BCUT2D eigenvalue weighted by Gasteiger charge is 2.21. The SMILES string of the molecule is NCc1cnc(N2CCN(c3ncccn3)CC2)c(Cl)c1. The van der Waals surface area contributed by atoms with E-state index in [2.05, 4.69) is 24.8 Å². The lowest BCUT2D eigenvalue weighted by Crippen LogP contribution is -2.47. The highest BCUT2D eigenvalue weighted by molar-refractivity contribution is 6.33. The number of pyridine rings is 1. The van der Waals surface area contributed by atoms with Crippen LogP contribution in [-0.2, 0) is 6.54 Å². The standard InChI is InChI=1S/C14H17ClN6/c15-12-8-11(9-16)10-19-13(12)20-4-6-21(7-5-20)14-17-2-1-3-18-14/h1-3,8,10H,4-7,9,16H2. The fourth-order valence-corrected chi connectivity index (χ4v) is 2.70. The van der Waals surface area contributed by atoms with E-state index >= 15 is 0 Å². The number of rotatable bonds is 3. The third-order valence-corrected chi connectivity index (χ3v) is 3.81. The van der Waals surface area contributed by atoms with Crippen molar-refractivity contribution < 1.29 is 0 Å². The molecule has 0 radical (unpaired) electrons. The monoisotopic (exact) mass is 304 g/mol. The average molecular weight is 305 g/mol. The average Bonchev–Trinajstić information content (AvgIpc) is 2.56. The summed E-state index contributed by atoms with van der Waals surface area (Å²) in [7, 11) is 0. The lowest BCUT2D eigenvalue weighted by molar-refractivity contribution is 0.634. The van der Waals surface area contributed by atoms with E-state index < -0.39 is 0 Å². The number of aromatic nitrogens is 3. The van der Waals surface area contributed by atoms with Gasteiger partial charge in [-0.15, -0.1) is 0 Å². The second kappa shape index (κ2) is 6.24. The summed E-state index contributed by atoms with van der Waals surface area (Å²) in [5.74, 6) is 1.59. The lowest BCUT2D eigenvalue weighted by Gasteiger charge is -2.35. The van der Waals surface area contributed by atoms with Crippen molar-refractivity contribution >= 4 is 23.4 Å². The van der Waals surface area contributed by atoms with Crippen LogP contribution in [0.15, 0.2) is 30.7 Å². The molecule has 1 aliphatic rings.